The summed E-state index contributed by atoms with van der Waals surface area (Å²) in [6.07, 6.45) is 1.61. The van der Waals surface area contributed by atoms with Gasteiger partial charge in [0.15, 0.2) is 0 Å². The fraction of sp³-hybridized carbons (Fsp3) is 0.406. The number of hydrogen-bond donors (Lipinski definition) is 2. The molecule has 2 aliphatic rings. The number of piperazine rings is 1. The monoisotopic (exact) mass is 526 g/mol. The highest BCUT2D eigenvalue weighted by Crippen LogP contribution is 2.31. The molecule has 0 bridgehead atoms. The van der Waals surface area contributed by atoms with Crippen LogP contribution in [0.2, 0.25) is 0 Å². The van der Waals surface area contributed by atoms with Gasteiger partial charge in [-0.15, -0.1) is 0 Å². The van der Waals surface area contributed by atoms with E-state index in [1.54, 1.807) is 0 Å². The van der Waals surface area contributed by atoms with E-state index in [1.165, 1.54) is 16.3 Å². The largest absolute Gasteiger partial charge is 0.490 e. The maximum Gasteiger partial charge on any atom is 0.270 e. The highest BCUT2D eigenvalue weighted by molar-refractivity contribution is 5.99. The number of aliphatic hydroxyl groups is 1. The number of fused-ring (bicyclic) bond motifs is 2. The predicted octanol–water partition coefficient (Wildman–Crippen LogP) is 4.33. The number of hydrogen-bond acceptors (Lipinski definition) is 5. The number of nitrogens with zero attached hydrogens (tertiary/aromatic N) is 3. The SMILES string of the molecule is CN1CCN(C(=O)c2cc3c(OCC(O)CN4CCC(c5ccc6ccccc6c5)CC4)cccc3[nH]2)CC1. The Labute approximate surface area is 230 Å². The molecule has 3 aromatic carbocycles. The van der Waals surface area contributed by atoms with E-state index in [2.05, 4.69) is 64.3 Å². The number of likely N-dealkylation sites (tertiary alicyclic amines) is 1. The van der Waals surface area contributed by atoms with Crippen LogP contribution in [-0.4, -0.2) is 96.3 Å². The van der Waals surface area contributed by atoms with Crippen LogP contribution < -0.4 is 4.74 Å². The predicted molar refractivity (Wildman–Crippen MR) is 156 cm³/mol. The Morgan fingerprint density at radius 1 is 0.949 bits per heavy atom. The second kappa shape index (κ2) is 11.4. The molecule has 204 valence electrons. The molecular formula is C32H38N4O3. The van der Waals surface area contributed by atoms with Crippen molar-refractivity contribution in [3.63, 3.8) is 0 Å². The van der Waals surface area contributed by atoms with Crippen LogP contribution in [0.3, 0.4) is 0 Å². The van der Waals surface area contributed by atoms with E-state index in [9.17, 15) is 9.90 Å². The number of carbonyl (C=O) groups excluding carboxylic acids is 1. The second-order valence-electron chi connectivity index (χ2n) is 11.1. The minimum Gasteiger partial charge on any atom is -0.490 e. The Morgan fingerprint density at radius 3 is 2.51 bits per heavy atom. The molecule has 1 amide bonds. The summed E-state index contributed by atoms with van der Waals surface area (Å²) in [5, 5.41) is 14.2. The number of aromatic amines is 1. The Kier molecular flexibility index (Phi) is 7.55. The standard InChI is InChI=1S/C32H38N4O3/c1-34-15-17-36(18-16-34)32(38)30-20-28-29(33-30)7-4-8-31(28)39-22-27(37)21-35-13-11-24(12-14-35)26-10-9-23-5-2-3-6-25(23)19-26/h2-10,19-20,24,27,33,37H,11-18,21-22H2,1H3. The fourth-order valence-corrected chi connectivity index (χ4v) is 6.00. The number of amides is 1. The Bertz CT molecular complexity index is 1430. The van der Waals surface area contributed by atoms with E-state index in [1.807, 2.05) is 29.2 Å². The van der Waals surface area contributed by atoms with E-state index in [0.717, 1.165) is 63.0 Å². The molecule has 0 saturated carbocycles. The highest BCUT2D eigenvalue weighted by Gasteiger charge is 2.24. The summed E-state index contributed by atoms with van der Waals surface area (Å²) in [5.41, 5.74) is 2.87. The van der Waals surface area contributed by atoms with Gasteiger partial charge in [0.25, 0.3) is 5.91 Å². The lowest BCUT2D eigenvalue weighted by molar-refractivity contribution is 0.0599. The first-order chi connectivity index (χ1) is 19.0. The summed E-state index contributed by atoms with van der Waals surface area (Å²) in [4.78, 5) is 22.8. The van der Waals surface area contributed by atoms with Crippen LogP contribution in [0.5, 0.6) is 5.75 Å². The molecule has 4 aromatic rings. The first kappa shape index (κ1) is 25.9. The van der Waals surface area contributed by atoms with Gasteiger partial charge in [-0.1, -0.05) is 48.5 Å². The van der Waals surface area contributed by atoms with Crippen LogP contribution in [0.1, 0.15) is 34.8 Å². The third-order valence-corrected chi connectivity index (χ3v) is 8.38. The van der Waals surface area contributed by atoms with Crippen molar-refractivity contribution >= 4 is 27.6 Å². The Hall–Kier alpha value is -3.39. The van der Waals surface area contributed by atoms with Crippen molar-refractivity contribution in [3.05, 3.63) is 78.0 Å². The number of benzene rings is 3. The van der Waals surface area contributed by atoms with Crippen LogP contribution in [0, 0.1) is 0 Å². The number of aromatic nitrogens is 1. The quantitative estimate of drug-likeness (QED) is 0.375. The smallest absolute Gasteiger partial charge is 0.270 e. The molecule has 0 spiro atoms. The summed E-state index contributed by atoms with van der Waals surface area (Å²) in [5.74, 6) is 1.28. The van der Waals surface area contributed by atoms with Gasteiger partial charge in [-0.25, -0.2) is 0 Å². The van der Waals surface area contributed by atoms with Gasteiger partial charge in [0.1, 0.15) is 24.2 Å². The number of piperidine rings is 1. The van der Waals surface area contributed by atoms with Gasteiger partial charge in [-0.2, -0.15) is 0 Å². The molecule has 1 unspecified atom stereocenters. The lowest BCUT2D eigenvalue weighted by Gasteiger charge is -2.33. The summed E-state index contributed by atoms with van der Waals surface area (Å²) < 4.78 is 6.08. The second-order valence-corrected chi connectivity index (χ2v) is 11.1. The normalized spacial score (nSPS) is 18.6. The molecule has 2 N–H and O–H groups in total. The van der Waals surface area contributed by atoms with Gasteiger partial charge < -0.3 is 29.5 Å². The maximum absolute atomic E-state index is 13.0. The van der Waals surface area contributed by atoms with Crippen LogP contribution in [-0.2, 0) is 0 Å². The van der Waals surface area contributed by atoms with Crippen molar-refractivity contribution in [2.24, 2.45) is 0 Å². The van der Waals surface area contributed by atoms with E-state index >= 15 is 0 Å². The van der Waals surface area contributed by atoms with Gasteiger partial charge >= 0.3 is 0 Å². The molecule has 3 heterocycles. The number of aliphatic hydroxyl groups excluding tert-OH is 1. The Balaban J connectivity index is 1.02. The lowest BCUT2D eigenvalue weighted by Crippen LogP contribution is -2.47. The zero-order valence-corrected chi connectivity index (χ0v) is 22.7. The number of rotatable bonds is 7. The average Bonchev–Trinajstić information content (AvgIpc) is 3.41. The number of H-pyrrole nitrogens is 1. The van der Waals surface area contributed by atoms with E-state index in [4.69, 9.17) is 4.74 Å². The molecule has 2 fully saturated rings. The minimum absolute atomic E-state index is 0.0253. The van der Waals surface area contributed by atoms with Gasteiger partial charge in [-0.3, -0.25) is 4.79 Å². The number of ether oxygens (including phenoxy) is 1. The number of carbonyl (C=O) groups is 1. The van der Waals surface area contributed by atoms with Crippen molar-refractivity contribution in [3.8, 4) is 5.75 Å². The summed E-state index contributed by atoms with van der Waals surface area (Å²) in [6, 6.07) is 23.0. The van der Waals surface area contributed by atoms with E-state index in [0.29, 0.717) is 23.9 Å². The zero-order chi connectivity index (χ0) is 26.8. The molecule has 2 saturated heterocycles. The van der Waals surface area contributed by atoms with Crippen LogP contribution in [0.4, 0.5) is 0 Å². The lowest BCUT2D eigenvalue weighted by atomic mass is 9.88. The molecule has 2 aliphatic heterocycles. The third kappa shape index (κ3) is 5.81. The average molecular weight is 527 g/mol. The zero-order valence-electron chi connectivity index (χ0n) is 22.7. The Morgan fingerprint density at radius 2 is 1.72 bits per heavy atom. The molecular weight excluding hydrogens is 488 g/mol. The molecule has 7 nitrogen and oxygen atoms in total. The van der Waals surface area contributed by atoms with Gasteiger partial charge in [-0.05, 0) is 73.4 Å². The molecule has 6 rings (SSSR count). The summed E-state index contributed by atoms with van der Waals surface area (Å²) >= 11 is 0. The van der Waals surface area contributed by atoms with Crippen molar-refractivity contribution in [2.75, 3.05) is 59.5 Å². The summed E-state index contributed by atoms with van der Waals surface area (Å²) in [7, 11) is 2.08. The van der Waals surface area contributed by atoms with Gasteiger partial charge in [0.2, 0.25) is 0 Å². The minimum atomic E-state index is -0.581. The number of likely N-dealkylation sites (N-methyl/N-ethyl adjacent to an activating group) is 1. The van der Waals surface area contributed by atoms with E-state index < -0.39 is 6.10 Å². The number of nitrogens with one attached hydrogen (secondary N) is 1. The van der Waals surface area contributed by atoms with E-state index in [-0.39, 0.29) is 12.5 Å². The molecule has 0 aliphatic carbocycles. The maximum atomic E-state index is 13.0. The van der Waals surface area contributed by atoms with Crippen LogP contribution in [0.15, 0.2) is 66.7 Å². The van der Waals surface area contributed by atoms with Gasteiger partial charge in [0.05, 0.1) is 0 Å². The first-order valence-electron chi connectivity index (χ1n) is 14.1. The topological polar surface area (TPSA) is 72.0 Å². The third-order valence-electron chi connectivity index (χ3n) is 8.38. The van der Waals surface area contributed by atoms with Crippen LogP contribution in [0.25, 0.3) is 21.7 Å². The van der Waals surface area contributed by atoms with Crippen LogP contribution >= 0.6 is 0 Å². The molecule has 7 heteroatoms. The molecule has 1 aromatic heterocycles. The molecule has 0 radical (unpaired) electrons. The molecule has 1 atom stereocenters. The number of β-amino-alcohol motifs (C(OH)–C–C–N with tert-alkyl or cyclic N) is 1. The van der Waals surface area contributed by atoms with Crippen molar-refractivity contribution in [2.45, 2.75) is 24.9 Å². The van der Waals surface area contributed by atoms with Crippen molar-refractivity contribution in [1.82, 2.24) is 19.7 Å². The highest BCUT2D eigenvalue weighted by atomic mass is 16.5. The first-order valence-corrected chi connectivity index (χ1v) is 14.1. The molecule has 39 heavy (non-hydrogen) atoms. The van der Waals surface area contributed by atoms with Gasteiger partial charge in [0, 0.05) is 43.6 Å². The van der Waals surface area contributed by atoms with Crippen molar-refractivity contribution < 1.29 is 14.6 Å². The van der Waals surface area contributed by atoms with Crippen molar-refractivity contribution in [1.29, 1.82) is 0 Å². The fourth-order valence-electron chi connectivity index (χ4n) is 6.00. The summed E-state index contributed by atoms with van der Waals surface area (Å²) in [6.45, 7) is 6.01.